The number of carbonyl (C=O) groups is 1. The first-order valence-corrected chi connectivity index (χ1v) is 8.89. The lowest BCUT2D eigenvalue weighted by Gasteiger charge is -2.30. The Hall–Kier alpha value is -2.17. The molecule has 1 atom stereocenters. The molecule has 0 spiro atoms. The second-order valence-corrected chi connectivity index (χ2v) is 6.49. The number of carbonyl (C=O) groups excluding carboxylic acids is 1. The van der Waals surface area contributed by atoms with E-state index in [2.05, 4.69) is 29.2 Å². The number of β-amino-alcohol motifs (C(OH)–C–C–N with tert-alkyl or cyclic N) is 1. The molecule has 1 N–H and O–H groups in total. The molecule has 2 aromatic rings. The van der Waals surface area contributed by atoms with Crippen LogP contribution in [0, 0.1) is 0 Å². The van der Waals surface area contributed by atoms with Crippen LogP contribution < -0.4 is 4.74 Å². The molecule has 1 unspecified atom stereocenters. The van der Waals surface area contributed by atoms with Gasteiger partial charge in [-0.2, -0.15) is 0 Å². The summed E-state index contributed by atoms with van der Waals surface area (Å²) < 4.78 is 5.74. The smallest absolute Gasteiger partial charge is 0.166 e. The zero-order chi connectivity index (χ0) is 17.6. The van der Waals surface area contributed by atoms with Crippen LogP contribution in [0.5, 0.6) is 5.75 Å². The number of Topliss-reactive ketones (excluding diaryl/α,β-unsaturated/α-hetero) is 1. The molecule has 4 heteroatoms. The summed E-state index contributed by atoms with van der Waals surface area (Å²) in [6.07, 6.45) is 0.864. The minimum atomic E-state index is -0.588. The van der Waals surface area contributed by atoms with Gasteiger partial charge in [0.2, 0.25) is 0 Å². The predicted molar refractivity (Wildman–Crippen MR) is 98.0 cm³/mol. The Balaban J connectivity index is 1.54. The molecule has 25 heavy (non-hydrogen) atoms. The van der Waals surface area contributed by atoms with Gasteiger partial charge in [-0.1, -0.05) is 43.3 Å². The van der Waals surface area contributed by atoms with Crippen molar-refractivity contribution in [1.82, 2.24) is 4.90 Å². The number of rotatable bonds is 7. The third-order valence-corrected chi connectivity index (χ3v) is 4.62. The largest absolute Gasteiger partial charge is 0.490 e. The van der Waals surface area contributed by atoms with E-state index < -0.39 is 6.10 Å². The first kappa shape index (κ1) is 17.6. The van der Waals surface area contributed by atoms with Crippen LogP contribution in [0.25, 0.3) is 0 Å². The monoisotopic (exact) mass is 339 g/mol. The van der Waals surface area contributed by atoms with Crippen LogP contribution >= 0.6 is 0 Å². The van der Waals surface area contributed by atoms with Gasteiger partial charge in [0, 0.05) is 26.1 Å². The zero-order valence-corrected chi connectivity index (χ0v) is 14.6. The van der Waals surface area contributed by atoms with Gasteiger partial charge in [0.1, 0.15) is 18.5 Å². The number of nitrogens with zero attached hydrogens (tertiary/aromatic N) is 1. The maximum atomic E-state index is 12.0. The molecule has 4 nitrogen and oxygen atoms in total. The Labute approximate surface area is 149 Å². The average Bonchev–Trinajstić information content (AvgIpc) is 2.66. The van der Waals surface area contributed by atoms with Gasteiger partial charge in [-0.15, -0.1) is 0 Å². The summed E-state index contributed by atoms with van der Waals surface area (Å²) >= 11 is 0. The van der Waals surface area contributed by atoms with Crippen molar-refractivity contribution in [2.45, 2.75) is 32.4 Å². The van der Waals surface area contributed by atoms with E-state index in [1.165, 1.54) is 11.1 Å². The highest BCUT2D eigenvalue weighted by atomic mass is 16.5. The van der Waals surface area contributed by atoms with E-state index in [0.29, 0.717) is 24.3 Å². The second-order valence-electron chi connectivity index (χ2n) is 6.49. The average molecular weight is 339 g/mol. The Morgan fingerprint density at radius 2 is 1.88 bits per heavy atom. The summed E-state index contributed by atoms with van der Waals surface area (Å²) in [4.78, 5) is 14.2. The van der Waals surface area contributed by atoms with E-state index in [1.54, 1.807) is 12.1 Å². The molecular weight excluding hydrogens is 314 g/mol. The van der Waals surface area contributed by atoms with Crippen LogP contribution in [0.4, 0.5) is 0 Å². The Kier molecular flexibility index (Phi) is 5.84. The molecule has 132 valence electrons. The third-order valence-electron chi connectivity index (χ3n) is 4.62. The van der Waals surface area contributed by atoms with E-state index in [0.717, 1.165) is 19.5 Å². The van der Waals surface area contributed by atoms with E-state index >= 15 is 0 Å². The van der Waals surface area contributed by atoms with Gasteiger partial charge >= 0.3 is 0 Å². The topological polar surface area (TPSA) is 49.8 Å². The summed E-state index contributed by atoms with van der Waals surface area (Å²) in [7, 11) is 0. The summed E-state index contributed by atoms with van der Waals surface area (Å²) in [6, 6.07) is 15.7. The molecular formula is C21H25NO3. The van der Waals surface area contributed by atoms with Gasteiger partial charge in [0.05, 0.1) is 5.56 Å². The summed E-state index contributed by atoms with van der Waals surface area (Å²) in [5.41, 5.74) is 3.32. The molecule has 2 aromatic carbocycles. The van der Waals surface area contributed by atoms with Crippen LogP contribution in [0.15, 0.2) is 48.5 Å². The molecule has 0 bridgehead atoms. The quantitative estimate of drug-likeness (QED) is 0.788. The fourth-order valence-corrected chi connectivity index (χ4v) is 3.26. The lowest BCUT2D eigenvalue weighted by molar-refractivity contribution is 0.0631. The number of benzene rings is 2. The van der Waals surface area contributed by atoms with Gasteiger partial charge in [0.15, 0.2) is 5.78 Å². The van der Waals surface area contributed by atoms with Crippen LogP contribution in [0.3, 0.4) is 0 Å². The van der Waals surface area contributed by atoms with Crippen molar-refractivity contribution >= 4 is 5.78 Å². The van der Waals surface area contributed by atoms with Crippen molar-refractivity contribution in [3.63, 3.8) is 0 Å². The zero-order valence-electron chi connectivity index (χ0n) is 14.6. The van der Waals surface area contributed by atoms with E-state index in [9.17, 15) is 9.90 Å². The van der Waals surface area contributed by atoms with Crippen LogP contribution in [-0.2, 0) is 13.0 Å². The number of aliphatic hydroxyl groups is 1. The second kappa shape index (κ2) is 8.28. The number of ketones is 1. The van der Waals surface area contributed by atoms with Crippen molar-refractivity contribution in [3.8, 4) is 5.75 Å². The molecule has 1 aliphatic heterocycles. The number of ether oxygens (including phenoxy) is 1. The van der Waals surface area contributed by atoms with E-state index in [1.807, 2.05) is 19.1 Å². The summed E-state index contributed by atoms with van der Waals surface area (Å²) in [5.74, 6) is 0.607. The minimum absolute atomic E-state index is 0.0535. The van der Waals surface area contributed by atoms with Crippen molar-refractivity contribution in [3.05, 3.63) is 65.2 Å². The first-order valence-electron chi connectivity index (χ1n) is 8.89. The number of aliphatic hydroxyl groups excluding tert-OH is 1. The summed E-state index contributed by atoms with van der Waals surface area (Å²) in [5, 5.41) is 10.3. The van der Waals surface area contributed by atoms with Gasteiger partial charge < -0.3 is 9.84 Å². The molecule has 1 aliphatic rings. The lowest BCUT2D eigenvalue weighted by Crippen LogP contribution is -2.38. The van der Waals surface area contributed by atoms with E-state index in [-0.39, 0.29) is 12.4 Å². The van der Waals surface area contributed by atoms with Gasteiger partial charge in [-0.05, 0) is 29.7 Å². The molecule has 0 aromatic heterocycles. The molecule has 0 amide bonds. The standard InChI is InChI=1S/C21H25NO3/c1-2-20(24)19-9-5-6-10-21(19)25-15-18(23)14-22-12-11-16-7-3-4-8-17(16)13-22/h3-10,18,23H,2,11-15H2,1H3. The Morgan fingerprint density at radius 1 is 1.16 bits per heavy atom. The molecule has 0 saturated carbocycles. The van der Waals surface area contributed by atoms with Crippen molar-refractivity contribution in [2.24, 2.45) is 0 Å². The van der Waals surface area contributed by atoms with Crippen LogP contribution in [0.1, 0.15) is 34.8 Å². The maximum absolute atomic E-state index is 12.0. The lowest BCUT2D eigenvalue weighted by atomic mass is 10.00. The van der Waals surface area contributed by atoms with Crippen LogP contribution in [-0.4, -0.2) is 41.6 Å². The predicted octanol–water partition coefficient (Wildman–Crippen LogP) is 3.08. The van der Waals surface area contributed by atoms with Crippen molar-refractivity contribution < 1.29 is 14.6 Å². The Morgan fingerprint density at radius 3 is 2.68 bits per heavy atom. The van der Waals surface area contributed by atoms with Crippen molar-refractivity contribution in [1.29, 1.82) is 0 Å². The third kappa shape index (κ3) is 4.47. The molecule has 3 rings (SSSR count). The number of hydrogen-bond donors (Lipinski definition) is 1. The highest BCUT2D eigenvalue weighted by molar-refractivity contribution is 5.98. The van der Waals surface area contributed by atoms with Crippen LogP contribution in [0.2, 0.25) is 0 Å². The molecule has 1 heterocycles. The van der Waals surface area contributed by atoms with Gasteiger partial charge in [-0.25, -0.2) is 0 Å². The fourth-order valence-electron chi connectivity index (χ4n) is 3.26. The highest BCUT2D eigenvalue weighted by Crippen LogP contribution is 2.21. The highest BCUT2D eigenvalue weighted by Gasteiger charge is 2.19. The number of para-hydroxylation sites is 1. The van der Waals surface area contributed by atoms with Crippen molar-refractivity contribution in [2.75, 3.05) is 19.7 Å². The Bertz CT molecular complexity index is 729. The first-order chi connectivity index (χ1) is 12.2. The minimum Gasteiger partial charge on any atom is -0.490 e. The van der Waals surface area contributed by atoms with Gasteiger partial charge in [0.25, 0.3) is 0 Å². The molecule has 0 radical (unpaired) electrons. The molecule has 0 fully saturated rings. The maximum Gasteiger partial charge on any atom is 0.166 e. The van der Waals surface area contributed by atoms with Gasteiger partial charge in [-0.3, -0.25) is 9.69 Å². The number of fused-ring (bicyclic) bond motifs is 1. The normalized spacial score (nSPS) is 15.4. The number of hydrogen-bond acceptors (Lipinski definition) is 4. The SMILES string of the molecule is CCC(=O)c1ccccc1OCC(O)CN1CCc2ccccc2C1. The molecule has 0 aliphatic carbocycles. The molecule has 0 saturated heterocycles. The fraction of sp³-hybridized carbons (Fsp3) is 0.381. The summed E-state index contributed by atoms with van der Waals surface area (Å²) in [6.45, 7) is 4.39. The van der Waals surface area contributed by atoms with E-state index in [4.69, 9.17) is 4.74 Å².